The molecule has 0 atom stereocenters. The standard InChI is InChI=1S/C57H80N4O12/c1-33-29-34-42-43-35(30-33)53(69-12)52(66)44-36(58-23-15-17-40(63)59-25-19-56(6,7)72-27-21-54(2,3)70-13)31-38(67-10)46(48(43)44)47-39(68-11)32-37(62)45(49(42)47)51(65)50(34)61-24-16-18-41(64)60-26-20-57(8,9)73-28-22-55(4,5)71-14/h29,31-32,58,61-62H,15-28,30H2,1-14H3,(H,59,63)(H,60,64). The van der Waals surface area contributed by atoms with E-state index in [2.05, 4.69) is 21.3 Å². The number of hydrogen-bond donors (Lipinski definition) is 5. The molecule has 5 aromatic carbocycles. The molecule has 73 heavy (non-hydrogen) atoms. The molecule has 5 aromatic rings. The van der Waals surface area contributed by atoms with Crippen LogP contribution in [0.2, 0.25) is 0 Å². The van der Waals surface area contributed by atoms with Gasteiger partial charge in [0.15, 0.2) is 5.75 Å². The van der Waals surface area contributed by atoms with Crippen LogP contribution in [-0.2, 0) is 35.0 Å². The summed E-state index contributed by atoms with van der Waals surface area (Å²) in [5.41, 5.74) is 0.666. The quantitative estimate of drug-likeness (QED) is 0.0172. The van der Waals surface area contributed by atoms with Crippen molar-refractivity contribution in [2.24, 2.45) is 0 Å². The van der Waals surface area contributed by atoms with Gasteiger partial charge in [-0.2, -0.15) is 0 Å². The zero-order valence-corrected chi connectivity index (χ0v) is 45.8. The smallest absolute Gasteiger partial charge is 0.230 e. The van der Waals surface area contributed by atoms with Gasteiger partial charge in [0.2, 0.25) is 22.7 Å². The molecular weight excluding hydrogens is 933 g/mol. The van der Waals surface area contributed by atoms with Crippen LogP contribution < -0.4 is 46.3 Å². The predicted octanol–water partition coefficient (Wildman–Crippen LogP) is 9.20. The van der Waals surface area contributed by atoms with E-state index in [1.807, 2.05) is 68.4 Å². The van der Waals surface area contributed by atoms with E-state index in [0.29, 0.717) is 131 Å². The van der Waals surface area contributed by atoms with Crippen molar-refractivity contribution >= 4 is 72.4 Å². The maximum absolute atomic E-state index is 14.9. The number of methoxy groups -OCH3 is 5. The normalized spacial score (nSPS) is 13.3. The van der Waals surface area contributed by atoms with E-state index in [4.69, 9.17) is 33.2 Å². The molecule has 0 spiro atoms. The zero-order chi connectivity index (χ0) is 53.6. The van der Waals surface area contributed by atoms with E-state index < -0.39 is 16.6 Å². The fraction of sp³-hybridized carbons (Fsp3) is 0.579. The van der Waals surface area contributed by atoms with Gasteiger partial charge in [0.05, 0.1) is 73.4 Å². The molecule has 0 saturated carbocycles. The van der Waals surface area contributed by atoms with Crippen LogP contribution in [0.1, 0.15) is 125 Å². The summed E-state index contributed by atoms with van der Waals surface area (Å²) in [5.74, 6) is 0.390. The summed E-state index contributed by atoms with van der Waals surface area (Å²) in [6, 6.07) is 3.19. The van der Waals surface area contributed by atoms with Crippen molar-refractivity contribution in [1.29, 1.82) is 0 Å². The number of amides is 2. The fourth-order valence-electron chi connectivity index (χ4n) is 9.68. The Hall–Kier alpha value is -5.68. The predicted molar refractivity (Wildman–Crippen MR) is 292 cm³/mol. The lowest BCUT2D eigenvalue weighted by Crippen LogP contribution is -2.34. The number of anilines is 2. The molecule has 1 aliphatic carbocycles. The highest BCUT2D eigenvalue weighted by Gasteiger charge is 2.33. The molecule has 1 aliphatic rings. The number of rotatable bonds is 29. The van der Waals surface area contributed by atoms with E-state index >= 15 is 0 Å². The van der Waals surface area contributed by atoms with Gasteiger partial charge >= 0.3 is 0 Å². The lowest BCUT2D eigenvalue weighted by Gasteiger charge is -2.29. The summed E-state index contributed by atoms with van der Waals surface area (Å²) >= 11 is 0. The van der Waals surface area contributed by atoms with E-state index in [-0.39, 0.29) is 70.4 Å². The third-order valence-electron chi connectivity index (χ3n) is 14.4. The molecule has 0 aliphatic heterocycles. The molecule has 0 saturated heterocycles. The van der Waals surface area contributed by atoms with E-state index in [0.717, 1.165) is 18.4 Å². The van der Waals surface area contributed by atoms with Gasteiger partial charge < -0.3 is 59.5 Å². The number of benzene rings is 5. The molecule has 0 fully saturated rings. The minimum Gasteiger partial charge on any atom is -0.507 e. The van der Waals surface area contributed by atoms with Gasteiger partial charge in [-0.3, -0.25) is 19.2 Å². The Bertz CT molecular complexity index is 2940. The lowest BCUT2D eigenvalue weighted by molar-refractivity contribution is -0.122. The summed E-state index contributed by atoms with van der Waals surface area (Å²) in [7, 11) is 7.89. The Labute approximate surface area is 429 Å². The topological polar surface area (TPSA) is 201 Å². The second kappa shape index (κ2) is 23.3. The van der Waals surface area contributed by atoms with E-state index in [9.17, 15) is 24.3 Å². The van der Waals surface area contributed by atoms with Crippen molar-refractivity contribution in [3.63, 3.8) is 0 Å². The Morgan fingerprint density at radius 3 is 1.59 bits per heavy atom. The number of ether oxygens (including phenoxy) is 7. The highest BCUT2D eigenvalue weighted by molar-refractivity contribution is 6.39. The number of hydrogen-bond acceptors (Lipinski definition) is 14. The minimum absolute atomic E-state index is 0.0815. The van der Waals surface area contributed by atoms with Crippen molar-refractivity contribution in [2.45, 2.75) is 143 Å². The highest BCUT2D eigenvalue weighted by atomic mass is 16.5. The second-order valence-electron chi connectivity index (χ2n) is 21.8. The van der Waals surface area contributed by atoms with E-state index in [1.165, 1.54) is 20.3 Å². The molecule has 5 N–H and O–H groups in total. The van der Waals surface area contributed by atoms with Gasteiger partial charge in [0.25, 0.3) is 0 Å². The SMILES string of the molecule is COc1c2c3c4c(c(NCCCC(=O)NCCC(C)(C)OCCC(C)(C)OC)c(=O)c5c(O)cc(OC)c(c6c(OC)cc(NCCCC(=O)NCCC(C)(C)OCCC(C)(C)OC)c(c1=O)c63)c54)C=C(C)C2. The molecule has 16 heteroatoms. The first kappa shape index (κ1) is 56.6. The third kappa shape index (κ3) is 12.8. The number of aromatic hydroxyl groups is 1. The average molecular weight is 1010 g/mol. The van der Waals surface area contributed by atoms with Crippen LogP contribution in [0.25, 0.3) is 49.2 Å². The molecular formula is C57H80N4O12. The summed E-state index contributed by atoms with van der Waals surface area (Å²) < 4.78 is 41.4. The van der Waals surface area contributed by atoms with Gasteiger partial charge in [-0.25, -0.2) is 0 Å². The van der Waals surface area contributed by atoms with Crippen molar-refractivity contribution in [3.05, 3.63) is 49.3 Å². The molecule has 6 rings (SSSR count). The average Bonchev–Trinajstić information content (AvgIpc) is 3.47. The van der Waals surface area contributed by atoms with Crippen LogP contribution in [-0.4, -0.2) is 114 Å². The van der Waals surface area contributed by atoms with Crippen LogP contribution in [0, 0.1) is 0 Å². The third-order valence-corrected chi connectivity index (χ3v) is 14.4. The first-order chi connectivity index (χ1) is 34.4. The number of allylic oxidation sites excluding steroid dienone is 1. The van der Waals surface area contributed by atoms with Crippen LogP contribution in [0.15, 0.2) is 27.3 Å². The lowest BCUT2D eigenvalue weighted by atomic mass is 9.83. The number of fused-ring (bicyclic) bond motifs is 1. The number of carbonyl (C=O) groups excluding carboxylic acids is 2. The van der Waals surface area contributed by atoms with Crippen molar-refractivity contribution < 1.29 is 47.9 Å². The van der Waals surface area contributed by atoms with Crippen molar-refractivity contribution in [1.82, 2.24) is 10.6 Å². The monoisotopic (exact) mass is 1010 g/mol. The largest absolute Gasteiger partial charge is 0.507 e. The number of phenols is 1. The second-order valence-corrected chi connectivity index (χ2v) is 21.8. The molecule has 2 amide bonds. The molecule has 0 heterocycles. The first-order valence-corrected chi connectivity index (χ1v) is 25.6. The summed E-state index contributed by atoms with van der Waals surface area (Å²) in [5, 5.41) is 28.5. The van der Waals surface area contributed by atoms with Crippen molar-refractivity contribution in [2.75, 3.05) is 85.6 Å². The van der Waals surface area contributed by atoms with Gasteiger partial charge in [0, 0.05) is 109 Å². The first-order valence-electron chi connectivity index (χ1n) is 25.6. The summed E-state index contributed by atoms with van der Waals surface area (Å²) in [4.78, 5) is 56.0. The Balaban J connectivity index is 1.29. The van der Waals surface area contributed by atoms with Gasteiger partial charge in [-0.1, -0.05) is 11.6 Å². The highest BCUT2D eigenvalue weighted by Crippen LogP contribution is 2.54. The maximum Gasteiger partial charge on any atom is 0.230 e. The molecule has 16 nitrogen and oxygen atoms in total. The van der Waals surface area contributed by atoms with Crippen LogP contribution in [0.5, 0.6) is 23.0 Å². The van der Waals surface area contributed by atoms with Gasteiger partial charge in [-0.15, -0.1) is 0 Å². The minimum atomic E-state index is -0.439. The van der Waals surface area contributed by atoms with E-state index in [1.54, 1.807) is 27.4 Å². The Morgan fingerprint density at radius 1 is 0.575 bits per heavy atom. The van der Waals surface area contributed by atoms with Crippen molar-refractivity contribution in [3.8, 4) is 23.0 Å². The van der Waals surface area contributed by atoms with Gasteiger partial charge in [0.1, 0.15) is 17.2 Å². The summed E-state index contributed by atoms with van der Waals surface area (Å²) in [6.45, 7) is 20.7. The molecule has 0 radical (unpaired) electrons. The molecule has 0 bridgehead atoms. The number of phenolic OH excluding ortho intramolecular Hbond substituents is 1. The molecule has 0 aromatic heterocycles. The Kier molecular flexibility index (Phi) is 18.0. The zero-order valence-electron chi connectivity index (χ0n) is 45.8. The van der Waals surface area contributed by atoms with Crippen LogP contribution >= 0.6 is 0 Å². The van der Waals surface area contributed by atoms with Crippen LogP contribution in [0.3, 0.4) is 0 Å². The summed E-state index contributed by atoms with van der Waals surface area (Å²) in [6.07, 6.45) is 6.37. The molecule has 400 valence electrons. The van der Waals surface area contributed by atoms with Crippen LogP contribution in [0.4, 0.5) is 11.4 Å². The molecule has 0 unspecified atom stereocenters. The number of carbonyl (C=O) groups is 2. The Morgan fingerprint density at radius 2 is 1.08 bits per heavy atom. The number of nitrogens with one attached hydrogen (secondary N) is 4. The maximum atomic E-state index is 14.9. The fourth-order valence-corrected chi connectivity index (χ4v) is 9.68. The van der Waals surface area contributed by atoms with Gasteiger partial charge in [-0.05, 0) is 113 Å².